The average Bonchev–Trinajstić information content (AvgIpc) is 2.63. The molecule has 0 saturated heterocycles. The van der Waals surface area contributed by atoms with E-state index in [9.17, 15) is 4.79 Å². The average molecular weight is 295 g/mol. The van der Waals surface area contributed by atoms with Crippen LogP contribution in [0.4, 0.5) is 5.95 Å². The normalized spacial score (nSPS) is 10.2. The van der Waals surface area contributed by atoms with Crippen LogP contribution in [0, 0.1) is 6.92 Å². The molecule has 0 aliphatic carbocycles. The van der Waals surface area contributed by atoms with Crippen LogP contribution in [0.3, 0.4) is 0 Å². The smallest absolute Gasteiger partial charge is 0.248 e. The molecule has 6 heteroatoms. The number of H-pyrrole nitrogens is 1. The van der Waals surface area contributed by atoms with E-state index in [1.807, 2.05) is 24.3 Å². The summed E-state index contributed by atoms with van der Waals surface area (Å²) in [5.74, 6) is 0.840. The fraction of sp³-hybridized carbons (Fsp3) is 0.182. The van der Waals surface area contributed by atoms with E-state index in [0.29, 0.717) is 18.2 Å². The molecule has 0 bridgehead atoms. The molecule has 0 fully saturated rings. The van der Waals surface area contributed by atoms with Gasteiger partial charge in [-0.15, -0.1) is 5.10 Å². The summed E-state index contributed by atoms with van der Waals surface area (Å²) in [5.41, 5.74) is 0.934. The third-order valence-corrected chi connectivity index (χ3v) is 2.60. The van der Waals surface area contributed by atoms with Crippen LogP contribution in [0.2, 0.25) is 0 Å². The fourth-order valence-corrected chi connectivity index (χ4v) is 1.85. The Kier molecular flexibility index (Phi) is 3.53. The Morgan fingerprint density at radius 2 is 2.35 bits per heavy atom. The van der Waals surface area contributed by atoms with Crippen LogP contribution < -0.4 is 5.32 Å². The van der Waals surface area contributed by atoms with Crippen LogP contribution in [-0.4, -0.2) is 21.1 Å². The summed E-state index contributed by atoms with van der Waals surface area (Å²) in [6.07, 6.45) is 0.299. The van der Waals surface area contributed by atoms with Crippen molar-refractivity contribution in [1.82, 2.24) is 15.2 Å². The van der Waals surface area contributed by atoms with Crippen molar-refractivity contribution in [2.24, 2.45) is 0 Å². The van der Waals surface area contributed by atoms with Crippen LogP contribution in [0.15, 0.2) is 28.7 Å². The minimum absolute atomic E-state index is 0.137. The number of nitrogens with one attached hydrogen (secondary N) is 2. The molecule has 1 amide bonds. The van der Waals surface area contributed by atoms with E-state index in [0.717, 1.165) is 10.0 Å². The number of carbonyl (C=O) groups is 1. The van der Waals surface area contributed by atoms with Crippen molar-refractivity contribution in [3.63, 3.8) is 0 Å². The molecular formula is C11H11BrN4O. The molecule has 1 heterocycles. The Labute approximate surface area is 107 Å². The lowest BCUT2D eigenvalue weighted by Crippen LogP contribution is -2.15. The van der Waals surface area contributed by atoms with Crippen molar-refractivity contribution in [1.29, 1.82) is 0 Å². The van der Waals surface area contributed by atoms with Gasteiger partial charge in [-0.2, -0.15) is 4.98 Å². The molecule has 5 nitrogen and oxygen atoms in total. The number of aromatic nitrogens is 3. The second kappa shape index (κ2) is 5.09. The number of carbonyl (C=O) groups excluding carboxylic acids is 1. The molecule has 0 saturated carbocycles. The zero-order chi connectivity index (χ0) is 12.3. The number of benzene rings is 1. The highest BCUT2D eigenvalue weighted by Crippen LogP contribution is 2.12. The Morgan fingerprint density at radius 3 is 3.00 bits per heavy atom. The molecular weight excluding hydrogens is 284 g/mol. The lowest BCUT2D eigenvalue weighted by molar-refractivity contribution is -0.115. The number of aryl methyl sites for hydroxylation is 1. The SMILES string of the molecule is Cc1nc(NC(=O)Cc2cccc(Br)c2)n[nH]1. The van der Waals surface area contributed by atoms with E-state index in [1.165, 1.54) is 0 Å². The molecule has 0 spiro atoms. The van der Waals surface area contributed by atoms with Gasteiger partial charge >= 0.3 is 0 Å². The van der Waals surface area contributed by atoms with Crippen molar-refractivity contribution in [2.75, 3.05) is 5.32 Å². The van der Waals surface area contributed by atoms with Crippen molar-refractivity contribution in [3.8, 4) is 0 Å². The Balaban J connectivity index is 1.98. The number of nitrogens with zero attached hydrogens (tertiary/aromatic N) is 2. The highest BCUT2D eigenvalue weighted by Gasteiger charge is 2.07. The monoisotopic (exact) mass is 294 g/mol. The molecule has 88 valence electrons. The molecule has 17 heavy (non-hydrogen) atoms. The van der Waals surface area contributed by atoms with Crippen LogP contribution in [0.5, 0.6) is 0 Å². The third kappa shape index (κ3) is 3.39. The van der Waals surface area contributed by atoms with Gasteiger partial charge in [0.15, 0.2) is 0 Å². The molecule has 2 aromatic rings. The third-order valence-electron chi connectivity index (χ3n) is 2.10. The second-order valence-corrected chi connectivity index (χ2v) is 4.51. The second-order valence-electron chi connectivity index (χ2n) is 3.60. The van der Waals surface area contributed by atoms with Gasteiger partial charge in [0.2, 0.25) is 11.9 Å². The Morgan fingerprint density at radius 1 is 1.53 bits per heavy atom. The summed E-state index contributed by atoms with van der Waals surface area (Å²) in [6, 6.07) is 7.61. The fourth-order valence-electron chi connectivity index (χ4n) is 1.40. The van der Waals surface area contributed by atoms with Gasteiger partial charge in [-0.05, 0) is 24.6 Å². The van der Waals surface area contributed by atoms with Crippen molar-refractivity contribution < 1.29 is 4.79 Å². The van der Waals surface area contributed by atoms with Gasteiger partial charge in [0.25, 0.3) is 0 Å². The van der Waals surface area contributed by atoms with Crippen LogP contribution in [0.1, 0.15) is 11.4 Å². The molecule has 2 rings (SSSR count). The lowest BCUT2D eigenvalue weighted by Gasteiger charge is -2.01. The van der Waals surface area contributed by atoms with E-state index in [2.05, 4.69) is 36.4 Å². The Hall–Kier alpha value is -1.69. The van der Waals surface area contributed by atoms with Crippen LogP contribution in [-0.2, 0) is 11.2 Å². The maximum Gasteiger partial charge on any atom is 0.248 e. The van der Waals surface area contributed by atoms with Crippen LogP contribution in [0.25, 0.3) is 0 Å². The number of hydrogen-bond donors (Lipinski definition) is 2. The number of rotatable bonds is 3. The predicted octanol–water partition coefficient (Wildman–Crippen LogP) is 2.06. The highest BCUT2D eigenvalue weighted by molar-refractivity contribution is 9.10. The number of aromatic amines is 1. The summed E-state index contributed by atoms with van der Waals surface area (Å²) in [6.45, 7) is 1.77. The maximum absolute atomic E-state index is 11.7. The quantitative estimate of drug-likeness (QED) is 0.910. The maximum atomic E-state index is 11.7. The summed E-state index contributed by atoms with van der Waals surface area (Å²) in [4.78, 5) is 15.7. The van der Waals surface area contributed by atoms with Gasteiger partial charge in [0, 0.05) is 4.47 Å². The summed E-state index contributed by atoms with van der Waals surface area (Å²) in [7, 11) is 0. The number of anilines is 1. The van der Waals surface area contributed by atoms with E-state index in [1.54, 1.807) is 6.92 Å². The molecule has 0 aliphatic heterocycles. The first-order valence-corrected chi connectivity index (χ1v) is 5.86. The molecule has 2 N–H and O–H groups in total. The van der Waals surface area contributed by atoms with E-state index < -0.39 is 0 Å². The van der Waals surface area contributed by atoms with Crippen molar-refractivity contribution in [3.05, 3.63) is 40.1 Å². The number of hydrogen-bond acceptors (Lipinski definition) is 3. The molecule has 0 aliphatic rings. The lowest BCUT2D eigenvalue weighted by atomic mass is 10.1. The minimum Gasteiger partial charge on any atom is -0.293 e. The highest BCUT2D eigenvalue weighted by atomic mass is 79.9. The zero-order valence-corrected chi connectivity index (χ0v) is 10.8. The first kappa shape index (κ1) is 11.8. The molecule has 1 aromatic heterocycles. The predicted molar refractivity (Wildman–Crippen MR) is 67.6 cm³/mol. The number of halogens is 1. The summed E-state index contributed by atoms with van der Waals surface area (Å²) < 4.78 is 0.955. The van der Waals surface area contributed by atoms with Gasteiger partial charge in [0.1, 0.15) is 5.82 Å². The van der Waals surface area contributed by atoms with E-state index in [4.69, 9.17) is 0 Å². The summed E-state index contributed by atoms with van der Waals surface area (Å²) in [5, 5.41) is 9.12. The summed E-state index contributed by atoms with van der Waals surface area (Å²) >= 11 is 3.36. The standard InChI is InChI=1S/C11H11BrN4O/c1-7-13-11(16-15-7)14-10(17)6-8-3-2-4-9(12)5-8/h2-5H,6H2,1H3,(H2,13,14,15,16,17). The van der Waals surface area contributed by atoms with Crippen LogP contribution >= 0.6 is 15.9 Å². The Bertz CT molecular complexity index is 538. The largest absolute Gasteiger partial charge is 0.293 e. The van der Waals surface area contributed by atoms with Gasteiger partial charge in [-0.1, -0.05) is 28.1 Å². The van der Waals surface area contributed by atoms with Crippen molar-refractivity contribution in [2.45, 2.75) is 13.3 Å². The first-order chi connectivity index (χ1) is 8.13. The molecule has 0 unspecified atom stereocenters. The molecule has 0 atom stereocenters. The van der Waals surface area contributed by atoms with E-state index >= 15 is 0 Å². The zero-order valence-electron chi connectivity index (χ0n) is 9.20. The van der Waals surface area contributed by atoms with Gasteiger partial charge < -0.3 is 0 Å². The van der Waals surface area contributed by atoms with Gasteiger partial charge in [0.05, 0.1) is 6.42 Å². The first-order valence-electron chi connectivity index (χ1n) is 5.07. The number of amides is 1. The minimum atomic E-state index is -0.137. The van der Waals surface area contributed by atoms with Gasteiger partial charge in [-0.3, -0.25) is 15.2 Å². The molecule has 0 radical (unpaired) electrons. The van der Waals surface area contributed by atoms with Crippen molar-refractivity contribution >= 4 is 27.8 Å². The molecule has 1 aromatic carbocycles. The van der Waals surface area contributed by atoms with Gasteiger partial charge in [-0.25, -0.2) is 0 Å². The topological polar surface area (TPSA) is 70.7 Å². The van der Waals surface area contributed by atoms with E-state index in [-0.39, 0.29) is 5.91 Å².